The van der Waals surface area contributed by atoms with Gasteiger partial charge in [0.05, 0.1) is 6.54 Å². The first-order valence-corrected chi connectivity index (χ1v) is 7.17. The second kappa shape index (κ2) is 5.24. The van der Waals surface area contributed by atoms with Crippen LogP contribution in [0.25, 0.3) is 0 Å². The Bertz CT molecular complexity index is 435. The molecule has 1 aromatic rings. The van der Waals surface area contributed by atoms with E-state index in [4.69, 9.17) is 4.74 Å². The van der Waals surface area contributed by atoms with Gasteiger partial charge in [0.25, 0.3) is 0 Å². The third-order valence-corrected chi connectivity index (χ3v) is 4.41. The highest BCUT2D eigenvalue weighted by molar-refractivity contribution is 5.79. The quantitative estimate of drug-likeness (QED) is 0.813. The fourth-order valence-electron chi connectivity index (χ4n) is 3.16. The van der Waals surface area contributed by atoms with Crippen LogP contribution in [-0.2, 0) is 4.79 Å². The van der Waals surface area contributed by atoms with Gasteiger partial charge in [-0.25, -0.2) is 0 Å². The van der Waals surface area contributed by atoms with Crippen molar-refractivity contribution < 1.29 is 9.53 Å². The fourth-order valence-corrected chi connectivity index (χ4v) is 3.16. The van der Waals surface area contributed by atoms with E-state index in [0.717, 1.165) is 30.4 Å². The van der Waals surface area contributed by atoms with Crippen LogP contribution in [0.1, 0.15) is 19.3 Å². The Hall–Kier alpha value is -1.51. The lowest BCUT2D eigenvalue weighted by Gasteiger charge is -2.22. The van der Waals surface area contributed by atoms with Crippen LogP contribution in [0.15, 0.2) is 30.3 Å². The van der Waals surface area contributed by atoms with Gasteiger partial charge < -0.3 is 9.64 Å². The zero-order valence-corrected chi connectivity index (χ0v) is 11.4. The van der Waals surface area contributed by atoms with Gasteiger partial charge in [-0.1, -0.05) is 18.2 Å². The predicted octanol–water partition coefficient (Wildman–Crippen LogP) is 2.57. The predicted molar refractivity (Wildman–Crippen MR) is 73.9 cm³/mol. The van der Waals surface area contributed by atoms with Gasteiger partial charge in [-0.2, -0.15) is 0 Å². The van der Waals surface area contributed by atoms with Gasteiger partial charge in [0.15, 0.2) is 0 Å². The van der Waals surface area contributed by atoms with Crippen LogP contribution in [0.4, 0.5) is 0 Å². The van der Waals surface area contributed by atoms with Crippen molar-refractivity contribution >= 4 is 5.91 Å². The molecule has 0 spiro atoms. The minimum absolute atomic E-state index is 0.283. The second-order valence-electron chi connectivity index (χ2n) is 5.85. The average molecular weight is 259 g/mol. The Morgan fingerprint density at radius 3 is 2.58 bits per heavy atom. The SMILES string of the molecule is CN(CCOc1ccccc1)C(=O)C1CC2CC2C1. The number of benzene rings is 1. The summed E-state index contributed by atoms with van der Waals surface area (Å²) in [7, 11) is 1.89. The lowest BCUT2D eigenvalue weighted by Crippen LogP contribution is -2.35. The van der Waals surface area contributed by atoms with Crippen molar-refractivity contribution in [2.24, 2.45) is 17.8 Å². The molecule has 0 radical (unpaired) electrons. The molecule has 0 heterocycles. The van der Waals surface area contributed by atoms with E-state index in [1.807, 2.05) is 42.3 Å². The maximum Gasteiger partial charge on any atom is 0.225 e. The molecule has 0 bridgehead atoms. The van der Waals surface area contributed by atoms with Crippen molar-refractivity contribution in [2.75, 3.05) is 20.2 Å². The second-order valence-corrected chi connectivity index (χ2v) is 5.85. The molecule has 1 aromatic carbocycles. The zero-order valence-electron chi connectivity index (χ0n) is 11.4. The van der Waals surface area contributed by atoms with Crippen LogP contribution < -0.4 is 4.74 Å². The molecule has 0 saturated heterocycles. The van der Waals surface area contributed by atoms with Crippen molar-refractivity contribution in [1.29, 1.82) is 0 Å². The molecule has 2 aliphatic carbocycles. The Labute approximate surface area is 114 Å². The summed E-state index contributed by atoms with van der Waals surface area (Å²) in [4.78, 5) is 14.1. The molecule has 0 aromatic heterocycles. The summed E-state index contributed by atoms with van der Waals surface area (Å²) in [5.74, 6) is 3.19. The van der Waals surface area contributed by atoms with Gasteiger partial charge in [-0.05, 0) is 43.2 Å². The number of para-hydroxylation sites is 1. The Kier molecular flexibility index (Phi) is 3.45. The summed E-state index contributed by atoms with van der Waals surface area (Å²) in [6.07, 6.45) is 3.60. The van der Waals surface area contributed by atoms with Gasteiger partial charge in [0.2, 0.25) is 5.91 Å². The lowest BCUT2D eigenvalue weighted by atomic mass is 10.0. The number of rotatable bonds is 5. The van der Waals surface area contributed by atoms with Crippen LogP contribution in [0.3, 0.4) is 0 Å². The van der Waals surface area contributed by atoms with E-state index in [9.17, 15) is 4.79 Å². The number of ether oxygens (including phenoxy) is 1. The number of carbonyl (C=O) groups excluding carboxylic acids is 1. The standard InChI is InChI=1S/C16H21NO2/c1-17(7-8-19-15-5-3-2-4-6-15)16(18)14-10-12-9-13(12)11-14/h2-6,12-14H,7-11H2,1H3. The Balaban J connectivity index is 1.41. The molecule has 1 amide bonds. The summed E-state index contributed by atoms with van der Waals surface area (Å²) in [6, 6.07) is 9.75. The lowest BCUT2D eigenvalue weighted by molar-refractivity contribution is -0.134. The molecule has 0 aliphatic heterocycles. The van der Waals surface area contributed by atoms with Gasteiger partial charge >= 0.3 is 0 Å². The fraction of sp³-hybridized carbons (Fsp3) is 0.562. The first-order valence-electron chi connectivity index (χ1n) is 7.17. The van der Waals surface area contributed by atoms with Crippen LogP contribution in [0.5, 0.6) is 5.75 Å². The number of amides is 1. The summed E-state index contributed by atoms with van der Waals surface area (Å²) < 4.78 is 5.63. The minimum Gasteiger partial charge on any atom is -0.492 e. The van der Waals surface area contributed by atoms with Gasteiger partial charge in [0, 0.05) is 13.0 Å². The van der Waals surface area contributed by atoms with Crippen LogP contribution in [-0.4, -0.2) is 31.0 Å². The summed E-state index contributed by atoms with van der Waals surface area (Å²) in [5, 5.41) is 0. The van der Waals surface area contributed by atoms with Gasteiger partial charge in [-0.15, -0.1) is 0 Å². The maximum absolute atomic E-state index is 12.2. The summed E-state index contributed by atoms with van der Waals surface area (Å²) in [5.41, 5.74) is 0. The third kappa shape index (κ3) is 2.91. The van der Waals surface area contributed by atoms with Gasteiger partial charge in [-0.3, -0.25) is 4.79 Å². The number of nitrogens with zero attached hydrogens (tertiary/aromatic N) is 1. The monoisotopic (exact) mass is 259 g/mol. The van der Waals surface area contributed by atoms with Crippen molar-refractivity contribution in [2.45, 2.75) is 19.3 Å². The average Bonchev–Trinajstić information content (AvgIpc) is 3.05. The molecule has 2 unspecified atom stereocenters. The van der Waals surface area contributed by atoms with E-state index in [-0.39, 0.29) is 5.92 Å². The topological polar surface area (TPSA) is 29.5 Å². The molecular weight excluding hydrogens is 238 g/mol. The Morgan fingerprint density at radius 2 is 1.89 bits per heavy atom. The van der Waals surface area contributed by atoms with E-state index in [1.54, 1.807) is 0 Å². The van der Waals surface area contributed by atoms with E-state index in [1.165, 1.54) is 6.42 Å². The number of hydrogen-bond acceptors (Lipinski definition) is 2. The smallest absolute Gasteiger partial charge is 0.225 e. The van der Waals surface area contributed by atoms with Crippen molar-refractivity contribution in [1.82, 2.24) is 4.90 Å². The van der Waals surface area contributed by atoms with Crippen molar-refractivity contribution in [3.63, 3.8) is 0 Å². The highest BCUT2D eigenvalue weighted by Crippen LogP contribution is 2.54. The van der Waals surface area contributed by atoms with E-state index >= 15 is 0 Å². The number of likely N-dealkylation sites (N-methyl/N-ethyl adjacent to an activating group) is 1. The number of fused-ring (bicyclic) bond motifs is 1. The molecule has 0 N–H and O–H groups in total. The molecule has 2 saturated carbocycles. The first-order chi connectivity index (χ1) is 9.24. The number of carbonyl (C=O) groups is 1. The normalized spacial score (nSPS) is 27.7. The first kappa shape index (κ1) is 12.5. The molecule has 19 heavy (non-hydrogen) atoms. The maximum atomic E-state index is 12.2. The molecule has 102 valence electrons. The largest absolute Gasteiger partial charge is 0.492 e. The van der Waals surface area contributed by atoms with Crippen molar-refractivity contribution in [3.05, 3.63) is 30.3 Å². The van der Waals surface area contributed by atoms with Crippen LogP contribution in [0, 0.1) is 17.8 Å². The zero-order chi connectivity index (χ0) is 13.2. The van der Waals surface area contributed by atoms with Crippen LogP contribution in [0.2, 0.25) is 0 Å². The Morgan fingerprint density at radius 1 is 1.21 bits per heavy atom. The molecule has 2 atom stereocenters. The van der Waals surface area contributed by atoms with E-state index < -0.39 is 0 Å². The van der Waals surface area contributed by atoms with E-state index in [2.05, 4.69) is 0 Å². The minimum atomic E-state index is 0.283. The highest BCUT2D eigenvalue weighted by atomic mass is 16.5. The molecule has 3 heteroatoms. The summed E-state index contributed by atoms with van der Waals surface area (Å²) >= 11 is 0. The number of hydrogen-bond donors (Lipinski definition) is 0. The van der Waals surface area contributed by atoms with E-state index in [0.29, 0.717) is 19.1 Å². The van der Waals surface area contributed by atoms with Crippen LogP contribution >= 0.6 is 0 Å². The van der Waals surface area contributed by atoms with Crippen molar-refractivity contribution in [3.8, 4) is 5.75 Å². The molecule has 3 nitrogen and oxygen atoms in total. The highest BCUT2D eigenvalue weighted by Gasteiger charge is 2.48. The molecule has 3 rings (SSSR count). The molecular formula is C16H21NO2. The molecule has 2 aliphatic rings. The summed E-state index contributed by atoms with van der Waals surface area (Å²) in [6.45, 7) is 1.23. The molecule has 2 fully saturated rings. The third-order valence-electron chi connectivity index (χ3n) is 4.41. The van der Waals surface area contributed by atoms with Gasteiger partial charge in [0.1, 0.15) is 12.4 Å².